The van der Waals surface area contributed by atoms with Crippen LogP contribution in [0.15, 0.2) is 108 Å². The number of ether oxygens (including phenoxy) is 1. The maximum atomic E-state index is 6.55. The van der Waals surface area contributed by atoms with Crippen molar-refractivity contribution in [3.8, 4) is 22.6 Å². The third-order valence-electron chi connectivity index (χ3n) is 5.07. The summed E-state index contributed by atoms with van der Waals surface area (Å²) in [7, 11) is 1.75. The molecular formula is C27H24O2. The van der Waals surface area contributed by atoms with Crippen LogP contribution in [-0.2, 0) is 11.2 Å². The van der Waals surface area contributed by atoms with Crippen molar-refractivity contribution < 1.29 is 9.15 Å². The van der Waals surface area contributed by atoms with Crippen molar-refractivity contribution in [3.63, 3.8) is 0 Å². The van der Waals surface area contributed by atoms with E-state index < -0.39 is 0 Å². The van der Waals surface area contributed by atoms with Crippen LogP contribution in [-0.4, -0.2) is 7.11 Å². The second-order valence-electron chi connectivity index (χ2n) is 6.90. The number of benzene rings is 3. The molecule has 1 atom stereocenters. The van der Waals surface area contributed by atoms with Gasteiger partial charge in [0, 0.05) is 29.4 Å². The van der Waals surface area contributed by atoms with Gasteiger partial charge in [-0.3, -0.25) is 0 Å². The predicted molar refractivity (Wildman–Crippen MR) is 119 cm³/mol. The van der Waals surface area contributed by atoms with Crippen LogP contribution < -0.4 is 0 Å². The normalized spacial score (nSPS) is 11.9. The Morgan fingerprint density at radius 1 is 0.793 bits per heavy atom. The van der Waals surface area contributed by atoms with Gasteiger partial charge in [-0.05, 0) is 12.0 Å². The Kier molecular flexibility index (Phi) is 5.73. The molecule has 1 unspecified atom stereocenters. The number of hydrogen-bond donors (Lipinski definition) is 0. The topological polar surface area (TPSA) is 22.4 Å². The molecular weight excluding hydrogens is 356 g/mol. The summed E-state index contributed by atoms with van der Waals surface area (Å²) in [6.07, 6.45) is 2.39. The highest BCUT2D eigenvalue weighted by Gasteiger charge is 2.28. The molecule has 1 aromatic heterocycles. The van der Waals surface area contributed by atoms with Crippen molar-refractivity contribution in [1.82, 2.24) is 0 Å². The van der Waals surface area contributed by atoms with Crippen LogP contribution in [0.25, 0.3) is 22.6 Å². The highest BCUT2D eigenvalue weighted by molar-refractivity contribution is 5.74. The molecule has 0 aliphatic heterocycles. The fourth-order valence-corrected chi connectivity index (χ4v) is 3.78. The fourth-order valence-electron chi connectivity index (χ4n) is 3.78. The van der Waals surface area contributed by atoms with Gasteiger partial charge in [0.15, 0.2) is 0 Å². The monoisotopic (exact) mass is 380 g/mol. The minimum absolute atomic E-state index is 0.234. The lowest BCUT2D eigenvalue weighted by atomic mass is 9.92. The van der Waals surface area contributed by atoms with Gasteiger partial charge >= 0.3 is 0 Å². The smallest absolute Gasteiger partial charge is 0.141 e. The maximum absolute atomic E-state index is 6.55. The zero-order valence-corrected chi connectivity index (χ0v) is 16.5. The lowest BCUT2D eigenvalue weighted by Crippen LogP contribution is -2.06. The fraction of sp³-hybridized carbons (Fsp3) is 0.111. The van der Waals surface area contributed by atoms with Gasteiger partial charge in [-0.1, -0.05) is 97.1 Å². The van der Waals surface area contributed by atoms with E-state index in [1.165, 1.54) is 0 Å². The van der Waals surface area contributed by atoms with Crippen LogP contribution in [0.2, 0.25) is 0 Å². The molecule has 144 valence electrons. The number of furan rings is 1. The lowest BCUT2D eigenvalue weighted by molar-refractivity contribution is 0.136. The van der Waals surface area contributed by atoms with Crippen LogP contribution in [0.1, 0.15) is 22.8 Å². The summed E-state index contributed by atoms with van der Waals surface area (Å²) in [5, 5.41) is 0. The van der Waals surface area contributed by atoms with E-state index in [0.29, 0.717) is 6.42 Å². The first-order chi connectivity index (χ1) is 14.3. The minimum atomic E-state index is -0.234. The third kappa shape index (κ3) is 3.80. The maximum Gasteiger partial charge on any atom is 0.141 e. The van der Waals surface area contributed by atoms with Crippen LogP contribution >= 0.6 is 0 Å². The second-order valence-corrected chi connectivity index (χ2v) is 6.90. The highest BCUT2D eigenvalue weighted by Crippen LogP contribution is 2.43. The van der Waals surface area contributed by atoms with Crippen molar-refractivity contribution in [2.75, 3.05) is 7.11 Å². The first-order valence-corrected chi connectivity index (χ1v) is 9.78. The van der Waals surface area contributed by atoms with Gasteiger partial charge in [-0.15, -0.1) is 6.58 Å². The Bertz CT molecular complexity index is 1060. The van der Waals surface area contributed by atoms with Crippen molar-refractivity contribution in [2.24, 2.45) is 0 Å². The second kappa shape index (κ2) is 8.76. The molecule has 0 radical (unpaired) electrons. The first kappa shape index (κ1) is 19.0. The zero-order valence-electron chi connectivity index (χ0n) is 16.5. The van der Waals surface area contributed by atoms with Gasteiger partial charge < -0.3 is 9.15 Å². The summed E-state index contributed by atoms with van der Waals surface area (Å²) < 4.78 is 12.6. The minimum Gasteiger partial charge on any atom is -0.455 e. The van der Waals surface area contributed by atoms with Crippen molar-refractivity contribution in [3.05, 3.63) is 120 Å². The SMILES string of the molecule is C=CCc1c(-c2ccccc2)oc(-c2ccccc2)c1C(OC)c1ccccc1. The summed E-state index contributed by atoms with van der Waals surface area (Å²) >= 11 is 0. The molecule has 29 heavy (non-hydrogen) atoms. The molecule has 0 saturated carbocycles. The van der Waals surface area contributed by atoms with Crippen molar-refractivity contribution in [2.45, 2.75) is 12.5 Å². The number of allylic oxidation sites excluding steroid dienone is 1. The van der Waals surface area contributed by atoms with E-state index in [1.807, 2.05) is 60.7 Å². The van der Waals surface area contributed by atoms with Crippen LogP contribution in [0.4, 0.5) is 0 Å². The van der Waals surface area contributed by atoms with Crippen LogP contribution in [0, 0.1) is 0 Å². The number of rotatable bonds is 7. The van der Waals surface area contributed by atoms with Gasteiger partial charge in [0.1, 0.15) is 17.6 Å². The molecule has 0 N–H and O–H groups in total. The average Bonchev–Trinajstić information content (AvgIpc) is 3.16. The van der Waals surface area contributed by atoms with Crippen molar-refractivity contribution >= 4 is 0 Å². The molecule has 0 bridgehead atoms. The molecule has 2 heteroatoms. The van der Waals surface area contributed by atoms with Gasteiger partial charge in [-0.25, -0.2) is 0 Å². The predicted octanol–water partition coefficient (Wildman–Crippen LogP) is 7.08. The molecule has 2 nitrogen and oxygen atoms in total. The van der Waals surface area contributed by atoms with E-state index >= 15 is 0 Å². The van der Waals surface area contributed by atoms with Gasteiger partial charge in [-0.2, -0.15) is 0 Å². The molecule has 0 spiro atoms. The number of methoxy groups -OCH3 is 1. The van der Waals surface area contributed by atoms with Crippen LogP contribution in [0.3, 0.4) is 0 Å². The summed E-state index contributed by atoms with van der Waals surface area (Å²) in [6, 6.07) is 30.7. The Morgan fingerprint density at radius 3 is 1.83 bits per heavy atom. The summed E-state index contributed by atoms with van der Waals surface area (Å²) in [6.45, 7) is 3.99. The van der Waals surface area contributed by atoms with E-state index in [4.69, 9.17) is 9.15 Å². The Morgan fingerprint density at radius 2 is 1.31 bits per heavy atom. The molecule has 4 aromatic rings. The molecule has 4 rings (SSSR count). The highest BCUT2D eigenvalue weighted by atomic mass is 16.5. The van der Waals surface area contributed by atoms with E-state index in [0.717, 1.165) is 39.3 Å². The van der Waals surface area contributed by atoms with E-state index in [-0.39, 0.29) is 6.10 Å². The van der Waals surface area contributed by atoms with E-state index in [1.54, 1.807) is 7.11 Å². The Hall–Kier alpha value is -3.36. The standard InChI is InChI=1S/C27H24O2/c1-3-13-23-24(26(28-2)21-16-9-5-10-17-21)27(22-18-11-6-12-19-22)29-25(23)20-14-7-4-8-15-20/h3-12,14-19,26H,1,13H2,2H3. The molecule has 0 aliphatic carbocycles. The largest absolute Gasteiger partial charge is 0.455 e. The third-order valence-corrected chi connectivity index (χ3v) is 5.07. The lowest BCUT2D eigenvalue weighted by Gasteiger charge is -2.18. The van der Waals surface area contributed by atoms with Gasteiger partial charge in [0.05, 0.1) is 0 Å². The molecule has 0 saturated heterocycles. The molecule has 3 aromatic carbocycles. The molecule has 0 fully saturated rings. The Labute approximate surface area is 172 Å². The van der Waals surface area contributed by atoms with Gasteiger partial charge in [0.25, 0.3) is 0 Å². The zero-order chi connectivity index (χ0) is 20.1. The first-order valence-electron chi connectivity index (χ1n) is 9.78. The van der Waals surface area contributed by atoms with E-state index in [9.17, 15) is 0 Å². The van der Waals surface area contributed by atoms with Gasteiger partial charge in [0.2, 0.25) is 0 Å². The van der Waals surface area contributed by atoms with E-state index in [2.05, 4.69) is 43.0 Å². The number of hydrogen-bond acceptors (Lipinski definition) is 2. The summed E-state index contributed by atoms with van der Waals surface area (Å²) in [5.74, 6) is 1.72. The Balaban J connectivity index is 2.00. The van der Waals surface area contributed by atoms with Crippen LogP contribution in [0.5, 0.6) is 0 Å². The quantitative estimate of drug-likeness (QED) is 0.320. The summed E-state index contributed by atoms with van der Waals surface area (Å²) in [4.78, 5) is 0. The average molecular weight is 380 g/mol. The molecule has 1 heterocycles. The summed E-state index contributed by atoms with van der Waals surface area (Å²) in [5.41, 5.74) is 5.35. The molecule has 0 amide bonds. The molecule has 0 aliphatic rings. The van der Waals surface area contributed by atoms with Crippen molar-refractivity contribution in [1.29, 1.82) is 0 Å².